The van der Waals surface area contributed by atoms with Crippen molar-refractivity contribution in [3.05, 3.63) is 22.7 Å². The first kappa shape index (κ1) is 15.8. The van der Waals surface area contributed by atoms with E-state index in [1.165, 1.54) is 6.07 Å². The first-order chi connectivity index (χ1) is 9.38. The predicted molar refractivity (Wildman–Crippen MR) is 81.9 cm³/mol. The van der Waals surface area contributed by atoms with E-state index in [1.807, 2.05) is 0 Å². The van der Waals surface area contributed by atoms with Crippen LogP contribution in [0.15, 0.2) is 27.6 Å². The van der Waals surface area contributed by atoms with Crippen molar-refractivity contribution in [3.63, 3.8) is 0 Å². The molecule has 0 saturated heterocycles. The van der Waals surface area contributed by atoms with Crippen LogP contribution in [0.1, 0.15) is 19.3 Å². The molecule has 0 unspecified atom stereocenters. The topological polar surface area (TPSA) is 81.4 Å². The third kappa shape index (κ3) is 3.72. The second-order valence-electron chi connectivity index (χ2n) is 5.25. The van der Waals surface area contributed by atoms with Crippen LogP contribution in [0.3, 0.4) is 0 Å². The molecular weight excluding hydrogens is 344 g/mol. The number of methoxy groups -OCH3 is 1. The Balaban J connectivity index is 2.06. The maximum Gasteiger partial charge on any atom is 0.242 e. The number of nitrogens with one attached hydrogen (secondary N) is 1. The van der Waals surface area contributed by atoms with Gasteiger partial charge in [-0.05, 0) is 42.9 Å². The number of ether oxygens (including phenoxy) is 1. The SMILES string of the molecule is COCCC1(CNS(=O)(=O)c2cc(Br)ccc2N)CC1. The summed E-state index contributed by atoms with van der Waals surface area (Å²) in [7, 11) is -1.92. The Morgan fingerprint density at radius 3 is 2.75 bits per heavy atom. The van der Waals surface area contributed by atoms with E-state index in [1.54, 1.807) is 19.2 Å². The molecule has 7 heteroatoms. The van der Waals surface area contributed by atoms with Crippen LogP contribution in [0, 0.1) is 5.41 Å². The first-order valence-electron chi connectivity index (χ1n) is 6.42. The molecule has 1 saturated carbocycles. The van der Waals surface area contributed by atoms with Gasteiger partial charge in [0.25, 0.3) is 0 Å². The van der Waals surface area contributed by atoms with Gasteiger partial charge in [-0.25, -0.2) is 13.1 Å². The highest BCUT2D eigenvalue weighted by Gasteiger charge is 2.42. The van der Waals surface area contributed by atoms with Gasteiger partial charge in [-0.1, -0.05) is 15.9 Å². The molecule has 0 aliphatic heterocycles. The number of hydrogen-bond donors (Lipinski definition) is 2. The van der Waals surface area contributed by atoms with Crippen LogP contribution in [0.2, 0.25) is 0 Å². The molecule has 0 amide bonds. The number of nitrogens with two attached hydrogens (primary N) is 1. The summed E-state index contributed by atoms with van der Waals surface area (Å²) in [5.41, 5.74) is 6.06. The zero-order chi connectivity index (χ0) is 14.8. The summed E-state index contributed by atoms with van der Waals surface area (Å²) in [6, 6.07) is 4.82. The van der Waals surface area contributed by atoms with Crippen molar-refractivity contribution in [2.75, 3.05) is 26.0 Å². The third-order valence-corrected chi connectivity index (χ3v) is 5.65. The first-order valence-corrected chi connectivity index (χ1v) is 8.70. The summed E-state index contributed by atoms with van der Waals surface area (Å²) >= 11 is 3.26. The van der Waals surface area contributed by atoms with Crippen molar-refractivity contribution >= 4 is 31.6 Å². The van der Waals surface area contributed by atoms with Gasteiger partial charge in [-0.2, -0.15) is 0 Å². The maximum absolute atomic E-state index is 12.3. The standard InChI is InChI=1S/C13H19BrN2O3S/c1-19-7-6-13(4-5-13)9-16-20(17,18)12-8-10(14)2-3-11(12)15/h2-3,8,16H,4-7,9,15H2,1H3. The zero-order valence-electron chi connectivity index (χ0n) is 11.4. The monoisotopic (exact) mass is 362 g/mol. The van der Waals surface area contributed by atoms with Gasteiger partial charge in [0, 0.05) is 24.7 Å². The number of halogens is 1. The molecule has 2 rings (SSSR count). The molecule has 0 atom stereocenters. The zero-order valence-corrected chi connectivity index (χ0v) is 13.8. The highest BCUT2D eigenvalue weighted by atomic mass is 79.9. The lowest BCUT2D eigenvalue weighted by atomic mass is 10.0. The second kappa shape index (κ2) is 6.01. The van der Waals surface area contributed by atoms with Gasteiger partial charge in [0.1, 0.15) is 4.90 Å². The summed E-state index contributed by atoms with van der Waals surface area (Å²) in [6.07, 6.45) is 2.94. The van der Waals surface area contributed by atoms with Crippen LogP contribution < -0.4 is 10.5 Å². The molecule has 1 fully saturated rings. The molecule has 0 spiro atoms. The van der Waals surface area contributed by atoms with Crippen LogP contribution in [-0.4, -0.2) is 28.7 Å². The van der Waals surface area contributed by atoms with Gasteiger partial charge < -0.3 is 10.5 Å². The van der Waals surface area contributed by atoms with E-state index in [4.69, 9.17) is 10.5 Å². The molecule has 1 aromatic carbocycles. The molecule has 5 nitrogen and oxygen atoms in total. The fraction of sp³-hybridized carbons (Fsp3) is 0.538. The fourth-order valence-corrected chi connectivity index (χ4v) is 3.90. The average molecular weight is 363 g/mol. The smallest absolute Gasteiger partial charge is 0.242 e. The molecule has 3 N–H and O–H groups in total. The van der Waals surface area contributed by atoms with Crippen molar-refractivity contribution in [3.8, 4) is 0 Å². The molecular formula is C13H19BrN2O3S. The minimum atomic E-state index is -3.58. The normalized spacial score (nSPS) is 17.1. The minimum Gasteiger partial charge on any atom is -0.398 e. The summed E-state index contributed by atoms with van der Waals surface area (Å²) in [5, 5.41) is 0. The number of sulfonamides is 1. The van der Waals surface area contributed by atoms with Crippen LogP contribution in [0.4, 0.5) is 5.69 Å². The van der Waals surface area contributed by atoms with Gasteiger partial charge >= 0.3 is 0 Å². The van der Waals surface area contributed by atoms with Gasteiger partial charge in [0.05, 0.1) is 5.69 Å². The van der Waals surface area contributed by atoms with Crippen molar-refractivity contribution in [1.29, 1.82) is 0 Å². The highest BCUT2D eigenvalue weighted by Crippen LogP contribution is 2.48. The van der Waals surface area contributed by atoms with E-state index in [-0.39, 0.29) is 16.0 Å². The lowest BCUT2D eigenvalue weighted by Crippen LogP contribution is -2.31. The number of hydrogen-bond acceptors (Lipinski definition) is 4. The summed E-state index contributed by atoms with van der Waals surface area (Å²) in [5.74, 6) is 0. The summed E-state index contributed by atoms with van der Waals surface area (Å²) in [6.45, 7) is 1.09. The van der Waals surface area contributed by atoms with Gasteiger partial charge in [0.15, 0.2) is 0 Å². The van der Waals surface area contributed by atoms with Gasteiger partial charge in [0.2, 0.25) is 10.0 Å². The Kier molecular flexibility index (Phi) is 4.73. The molecule has 20 heavy (non-hydrogen) atoms. The maximum atomic E-state index is 12.3. The molecule has 0 heterocycles. The Morgan fingerprint density at radius 2 is 2.15 bits per heavy atom. The summed E-state index contributed by atoms with van der Waals surface area (Å²) in [4.78, 5) is 0.120. The lowest BCUT2D eigenvalue weighted by Gasteiger charge is -2.16. The Labute approximate surface area is 128 Å². The average Bonchev–Trinajstić information content (AvgIpc) is 3.18. The van der Waals surface area contributed by atoms with Gasteiger partial charge in [-0.3, -0.25) is 0 Å². The van der Waals surface area contributed by atoms with Crippen molar-refractivity contribution in [2.24, 2.45) is 5.41 Å². The lowest BCUT2D eigenvalue weighted by molar-refractivity contribution is 0.173. The van der Waals surface area contributed by atoms with E-state index >= 15 is 0 Å². The molecule has 112 valence electrons. The van der Waals surface area contributed by atoms with Crippen molar-refractivity contribution < 1.29 is 13.2 Å². The van der Waals surface area contributed by atoms with Crippen LogP contribution in [0.25, 0.3) is 0 Å². The number of nitrogen functional groups attached to an aromatic ring is 1. The Bertz CT molecular complexity index is 585. The molecule has 1 aliphatic rings. The van der Waals surface area contributed by atoms with E-state index in [2.05, 4.69) is 20.7 Å². The minimum absolute atomic E-state index is 0.0594. The van der Waals surface area contributed by atoms with E-state index < -0.39 is 10.0 Å². The highest BCUT2D eigenvalue weighted by molar-refractivity contribution is 9.10. The quantitative estimate of drug-likeness (QED) is 0.728. The molecule has 0 radical (unpaired) electrons. The third-order valence-electron chi connectivity index (χ3n) is 3.70. The number of anilines is 1. The van der Waals surface area contributed by atoms with Crippen LogP contribution in [0.5, 0.6) is 0 Å². The molecule has 1 aliphatic carbocycles. The van der Waals surface area contributed by atoms with Crippen LogP contribution >= 0.6 is 15.9 Å². The fourth-order valence-electron chi connectivity index (χ4n) is 2.08. The number of benzene rings is 1. The Morgan fingerprint density at radius 1 is 1.45 bits per heavy atom. The van der Waals surface area contributed by atoms with Crippen LogP contribution in [-0.2, 0) is 14.8 Å². The number of rotatable bonds is 7. The van der Waals surface area contributed by atoms with E-state index in [0.29, 0.717) is 17.6 Å². The largest absolute Gasteiger partial charge is 0.398 e. The van der Waals surface area contributed by atoms with Crippen molar-refractivity contribution in [2.45, 2.75) is 24.2 Å². The van der Waals surface area contributed by atoms with E-state index in [9.17, 15) is 8.42 Å². The molecule has 0 bridgehead atoms. The molecule has 0 aromatic heterocycles. The Hall–Kier alpha value is -0.630. The second-order valence-corrected chi connectivity index (χ2v) is 7.90. The van der Waals surface area contributed by atoms with Gasteiger partial charge in [-0.15, -0.1) is 0 Å². The summed E-state index contributed by atoms with van der Waals surface area (Å²) < 4.78 is 33.0. The van der Waals surface area contributed by atoms with E-state index in [0.717, 1.165) is 19.3 Å². The van der Waals surface area contributed by atoms with Crippen molar-refractivity contribution in [1.82, 2.24) is 4.72 Å². The predicted octanol–water partition coefficient (Wildman–Crippen LogP) is 2.13. The molecule has 1 aromatic rings.